The Balaban J connectivity index is 1.83. The van der Waals surface area contributed by atoms with Crippen molar-refractivity contribution < 1.29 is 4.74 Å². The molecule has 1 aromatic heterocycles. The van der Waals surface area contributed by atoms with Crippen LogP contribution in [0.2, 0.25) is 0 Å². The van der Waals surface area contributed by atoms with Gasteiger partial charge in [-0.25, -0.2) is 0 Å². The largest absolute Gasteiger partial charge is 0.496 e. The third-order valence-corrected chi connectivity index (χ3v) is 4.93. The van der Waals surface area contributed by atoms with Gasteiger partial charge in [-0.15, -0.1) is 11.3 Å². The van der Waals surface area contributed by atoms with Gasteiger partial charge in [0.05, 0.1) is 12.6 Å². The summed E-state index contributed by atoms with van der Waals surface area (Å²) < 4.78 is 5.57. The minimum absolute atomic E-state index is 0.0329. The van der Waals surface area contributed by atoms with Crippen LogP contribution in [-0.4, -0.2) is 6.61 Å². The molecule has 0 fully saturated rings. The second-order valence-corrected chi connectivity index (χ2v) is 6.05. The summed E-state index contributed by atoms with van der Waals surface area (Å²) in [6.07, 6.45) is 9.66. The first-order valence-corrected chi connectivity index (χ1v) is 7.36. The highest BCUT2D eigenvalue weighted by molar-refractivity contribution is 7.12. The number of fused-ring (bicyclic) bond motifs is 1. The van der Waals surface area contributed by atoms with Gasteiger partial charge in [-0.2, -0.15) is 0 Å². The van der Waals surface area contributed by atoms with E-state index in [2.05, 4.69) is 12.1 Å². The molecule has 2 nitrogen and oxygen atoms in total. The molecule has 3 rings (SSSR count). The van der Waals surface area contributed by atoms with Crippen molar-refractivity contribution in [3.63, 3.8) is 0 Å². The maximum Gasteiger partial charge on any atom is 0.114 e. The molecule has 0 spiro atoms. The van der Waals surface area contributed by atoms with E-state index in [0.717, 1.165) is 18.8 Å². The summed E-state index contributed by atoms with van der Waals surface area (Å²) >= 11 is 1.90. The summed E-state index contributed by atoms with van der Waals surface area (Å²) in [6.45, 7) is 0.800. The smallest absolute Gasteiger partial charge is 0.114 e. The highest BCUT2D eigenvalue weighted by Gasteiger charge is 2.21. The quantitative estimate of drug-likeness (QED) is 0.816. The van der Waals surface area contributed by atoms with Gasteiger partial charge in [0.2, 0.25) is 0 Å². The van der Waals surface area contributed by atoms with Crippen LogP contribution >= 0.6 is 11.3 Å². The maximum absolute atomic E-state index is 6.27. The van der Waals surface area contributed by atoms with Gasteiger partial charge in [-0.05, 0) is 43.4 Å². The van der Waals surface area contributed by atoms with E-state index in [1.165, 1.54) is 42.5 Å². The molecule has 1 unspecified atom stereocenters. The van der Waals surface area contributed by atoms with Crippen LogP contribution in [-0.2, 0) is 17.6 Å². The molecule has 0 aromatic carbocycles. The Morgan fingerprint density at radius 3 is 2.94 bits per heavy atom. The summed E-state index contributed by atoms with van der Waals surface area (Å²) in [7, 11) is 0. The zero-order chi connectivity index (χ0) is 11.7. The Morgan fingerprint density at radius 1 is 1.24 bits per heavy atom. The molecule has 2 N–H and O–H groups in total. The molecule has 1 aliphatic heterocycles. The third kappa shape index (κ3) is 2.26. The van der Waals surface area contributed by atoms with Crippen molar-refractivity contribution in [2.75, 3.05) is 6.61 Å². The standard InChI is InChI=1S/C14H19NOS/c15-14(11-6-4-8-16-11)13-9-10-5-2-1-3-7-12(10)17-13/h6,9,14H,1-5,7-8,15H2. The van der Waals surface area contributed by atoms with E-state index in [9.17, 15) is 0 Å². The van der Waals surface area contributed by atoms with Gasteiger partial charge in [0, 0.05) is 16.2 Å². The van der Waals surface area contributed by atoms with Crippen molar-refractivity contribution in [1.29, 1.82) is 0 Å². The highest BCUT2D eigenvalue weighted by atomic mass is 32.1. The number of rotatable bonds is 2. The third-order valence-electron chi connectivity index (χ3n) is 3.61. The fourth-order valence-electron chi connectivity index (χ4n) is 2.64. The average Bonchev–Trinajstić information content (AvgIpc) is 2.95. The van der Waals surface area contributed by atoms with Crippen molar-refractivity contribution in [1.82, 2.24) is 0 Å². The topological polar surface area (TPSA) is 35.2 Å². The molecular weight excluding hydrogens is 230 g/mol. The first-order valence-electron chi connectivity index (χ1n) is 6.54. The lowest BCUT2D eigenvalue weighted by Crippen LogP contribution is -2.12. The Hall–Kier alpha value is -0.800. The van der Waals surface area contributed by atoms with E-state index in [1.807, 2.05) is 11.3 Å². The van der Waals surface area contributed by atoms with E-state index in [-0.39, 0.29) is 6.04 Å². The van der Waals surface area contributed by atoms with Crippen molar-refractivity contribution in [3.8, 4) is 0 Å². The van der Waals surface area contributed by atoms with Gasteiger partial charge in [-0.3, -0.25) is 0 Å². The Labute approximate surface area is 106 Å². The number of ether oxygens (including phenoxy) is 1. The minimum atomic E-state index is -0.0329. The number of hydrogen-bond donors (Lipinski definition) is 1. The average molecular weight is 249 g/mol. The van der Waals surface area contributed by atoms with Crippen LogP contribution in [0.15, 0.2) is 17.9 Å². The van der Waals surface area contributed by atoms with E-state index in [1.54, 1.807) is 4.88 Å². The first kappa shape index (κ1) is 11.3. The van der Waals surface area contributed by atoms with Crippen LogP contribution < -0.4 is 5.73 Å². The van der Waals surface area contributed by atoms with Crippen LogP contribution in [0.4, 0.5) is 0 Å². The SMILES string of the molecule is NC(C1=CCCO1)c1cc2c(s1)CCCCC2. The zero-order valence-electron chi connectivity index (χ0n) is 10.1. The zero-order valence-corrected chi connectivity index (χ0v) is 10.9. The van der Waals surface area contributed by atoms with Crippen LogP contribution in [0.5, 0.6) is 0 Å². The Kier molecular flexibility index (Phi) is 3.21. The summed E-state index contributed by atoms with van der Waals surface area (Å²) in [5, 5.41) is 0. The van der Waals surface area contributed by atoms with Crippen LogP contribution in [0.1, 0.15) is 47.0 Å². The molecule has 2 heterocycles. The van der Waals surface area contributed by atoms with Gasteiger partial charge < -0.3 is 10.5 Å². The molecular formula is C14H19NOS. The fourth-order valence-corrected chi connectivity index (χ4v) is 3.90. The molecule has 3 heteroatoms. The molecule has 0 saturated heterocycles. The van der Waals surface area contributed by atoms with Crippen molar-refractivity contribution in [2.45, 2.75) is 44.6 Å². The molecule has 1 aromatic rings. The Morgan fingerprint density at radius 2 is 2.12 bits per heavy atom. The van der Waals surface area contributed by atoms with Gasteiger partial charge in [0.1, 0.15) is 5.76 Å². The van der Waals surface area contributed by atoms with Crippen LogP contribution in [0, 0.1) is 0 Å². The van der Waals surface area contributed by atoms with Gasteiger partial charge in [0.25, 0.3) is 0 Å². The summed E-state index contributed by atoms with van der Waals surface area (Å²) in [6, 6.07) is 2.29. The number of nitrogens with two attached hydrogens (primary N) is 1. The molecule has 2 aliphatic rings. The maximum atomic E-state index is 6.27. The lowest BCUT2D eigenvalue weighted by Gasteiger charge is -2.11. The van der Waals surface area contributed by atoms with E-state index in [0.29, 0.717) is 0 Å². The van der Waals surface area contributed by atoms with Gasteiger partial charge in [-0.1, -0.05) is 6.42 Å². The summed E-state index contributed by atoms with van der Waals surface area (Å²) in [5.74, 6) is 0.974. The number of hydrogen-bond acceptors (Lipinski definition) is 3. The molecule has 17 heavy (non-hydrogen) atoms. The number of aryl methyl sites for hydroxylation is 2. The lowest BCUT2D eigenvalue weighted by molar-refractivity contribution is 0.226. The highest BCUT2D eigenvalue weighted by Crippen LogP contribution is 2.34. The Bertz CT molecular complexity index is 412. The molecule has 0 bridgehead atoms. The van der Waals surface area contributed by atoms with Crippen LogP contribution in [0.25, 0.3) is 0 Å². The van der Waals surface area contributed by atoms with Crippen molar-refractivity contribution in [2.24, 2.45) is 5.73 Å². The summed E-state index contributed by atoms with van der Waals surface area (Å²) in [5.41, 5.74) is 7.81. The molecule has 1 atom stereocenters. The molecule has 1 aliphatic carbocycles. The van der Waals surface area contributed by atoms with E-state index >= 15 is 0 Å². The molecule has 0 saturated carbocycles. The normalized spacial score (nSPS) is 21.4. The van der Waals surface area contributed by atoms with Crippen molar-refractivity contribution >= 4 is 11.3 Å². The van der Waals surface area contributed by atoms with E-state index in [4.69, 9.17) is 10.5 Å². The number of thiophene rings is 1. The molecule has 92 valence electrons. The fraction of sp³-hybridized carbons (Fsp3) is 0.571. The minimum Gasteiger partial charge on any atom is -0.496 e. The van der Waals surface area contributed by atoms with Crippen molar-refractivity contribution in [3.05, 3.63) is 33.2 Å². The van der Waals surface area contributed by atoms with E-state index < -0.39 is 0 Å². The predicted octanol–water partition coefficient (Wildman–Crippen LogP) is 3.32. The monoisotopic (exact) mass is 249 g/mol. The molecule has 0 radical (unpaired) electrons. The van der Waals surface area contributed by atoms with Crippen LogP contribution in [0.3, 0.4) is 0 Å². The lowest BCUT2D eigenvalue weighted by atomic mass is 10.1. The summed E-state index contributed by atoms with van der Waals surface area (Å²) in [4.78, 5) is 2.84. The first-order chi connectivity index (χ1) is 8.34. The van der Waals surface area contributed by atoms with Gasteiger partial charge in [0.15, 0.2) is 0 Å². The molecule has 0 amide bonds. The second-order valence-electron chi connectivity index (χ2n) is 4.88. The predicted molar refractivity (Wildman–Crippen MR) is 71.2 cm³/mol. The van der Waals surface area contributed by atoms with Gasteiger partial charge >= 0.3 is 0 Å². The second kappa shape index (κ2) is 4.83.